The Morgan fingerprint density at radius 1 is 1.04 bits per heavy atom. The van der Waals surface area contributed by atoms with E-state index < -0.39 is 23.8 Å². The maximum atomic E-state index is 13.8. The third-order valence-corrected chi connectivity index (χ3v) is 5.34. The molecule has 2 atom stereocenters. The van der Waals surface area contributed by atoms with Gasteiger partial charge in [0.15, 0.2) is 0 Å². The van der Waals surface area contributed by atoms with Crippen molar-refractivity contribution in [1.29, 1.82) is 0 Å². The third-order valence-electron chi connectivity index (χ3n) is 5.34. The molecule has 0 spiro atoms. The Balaban J connectivity index is 0.00000196. The van der Waals surface area contributed by atoms with E-state index in [1.54, 1.807) is 0 Å². The molecule has 2 aromatic rings. The lowest BCUT2D eigenvalue weighted by molar-refractivity contribution is 0.0752. The Morgan fingerprint density at radius 3 is 2.14 bits per heavy atom. The van der Waals surface area contributed by atoms with Crippen LogP contribution in [0.2, 0.25) is 0 Å². The quantitative estimate of drug-likeness (QED) is 0.588. The Hall–Kier alpha value is -1.20. The standard InChI is InChI=1S/C22H27F2NO.2ClH/c1-4-15-6-5-7-17(10-15)22(8-9-22)25-20(21(26)14(2)3)16-11-18(23)13-19(24)12-16;;/h5-7,10-14,20-21,25-26H,4,8-9H2,1-3H3;2*1H. The van der Waals surface area contributed by atoms with Crippen LogP contribution in [0.4, 0.5) is 8.78 Å². The largest absolute Gasteiger partial charge is 0.391 e. The van der Waals surface area contributed by atoms with E-state index in [2.05, 4.69) is 30.4 Å². The molecular weight excluding hydrogens is 403 g/mol. The number of aliphatic hydroxyl groups excluding tert-OH is 1. The van der Waals surface area contributed by atoms with Crippen LogP contribution in [0.3, 0.4) is 0 Å². The first-order valence-corrected chi connectivity index (χ1v) is 9.36. The van der Waals surface area contributed by atoms with E-state index in [0.29, 0.717) is 5.56 Å². The van der Waals surface area contributed by atoms with Crippen molar-refractivity contribution in [1.82, 2.24) is 5.32 Å². The molecule has 156 valence electrons. The van der Waals surface area contributed by atoms with E-state index in [4.69, 9.17) is 0 Å². The van der Waals surface area contributed by atoms with E-state index in [1.807, 2.05) is 19.9 Å². The molecule has 2 unspecified atom stereocenters. The van der Waals surface area contributed by atoms with Crippen LogP contribution in [0.5, 0.6) is 0 Å². The molecule has 0 aliphatic heterocycles. The first kappa shape index (κ1) is 24.8. The van der Waals surface area contributed by atoms with Crippen molar-refractivity contribution in [3.63, 3.8) is 0 Å². The molecule has 1 fully saturated rings. The highest BCUT2D eigenvalue weighted by Crippen LogP contribution is 2.48. The molecule has 1 saturated carbocycles. The van der Waals surface area contributed by atoms with Crippen molar-refractivity contribution >= 4 is 24.8 Å². The number of halogens is 4. The van der Waals surface area contributed by atoms with Gasteiger partial charge in [0.1, 0.15) is 11.6 Å². The van der Waals surface area contributed by atoms with Gasteiger partial charge in [0.05, 0.1) is 12.1 Å². The maximum Gasteiger partial charge on any atom is 0.126 e. The molecule has 0 saturated heterocycles. The van der Waals surface area contributed by atoms with Crippen molar-refractivity contribution in [2.24, 2.45) is 5.92 Å². The predicted molar refractivity (Wildman–Crippen MR) is 114 cm³/mol. The van der Waals surface area contributed by atoms with E-state index >= 15 is 0 Å². The molecule has 2 aromatic carbocycles. The summed E-state index contributed by atoms with van der Waals surface area (Å²) < 4.78 is 27.5. The molecule has 2 N–H and O–H groups in total. The van der Waals surface area contributed by atoms with Gasteiger partial charge in [-0.05, 0) is 54.0 Å². The molecule has 3 rings (SSSR count). The average molecular weight is 432 g/mol. The minimum atomic E-state index is -0.747. The number of rotatable bonds is 7. The zero-order valence-electron chi connectivity index (χ0n) is 16.4. The molecule has 2 nitrogen and oxygen atoms in total. The number of nitrogens with one attached hydrogen (secondary N) is 1. The fourth-order valence-electron chi connectivity index (χ4n) is 3.53. The van der Waals surface area contributed by atoms with Crippen LogP contribution in [-0.4, -0.2) is 11.2 Å². The highest BCUT2D eigenvalue weighted by atomic mass is 35.5. The molecule has 0 radical (unpaired) electrons. The maximum absolute atomic E-state index is 13.8. The second kappa shape index (κ2) is 10.0. The number of benzene rings is 2. The van der Waals surface area contributed by atoms with Crippen LogP contribution < -0.4 is 5.32 Å². The summed E-state index contributed by atoms with van der Waals surface area (Å²) in [6, 6.07) is 11.4. The predicted octanol–water partition coefficient (Wildman–Crippen LogP) is 5.71. The summed E-state index contributed by atoms with van der Waals surface area (Å²) >= 11 is 0. The van der Waals surface area contributed by atoms with Gasteiger partial charge in [-0.25, -0.2) is 8.78 Å². The minimum Gasteiger partial charge on any atom is -0.391 e. The Labute approximate surface area is 178 Å². The lowest BCUT2D eigenvalue weighted by atomic mass is 9.91. The second-order valence-corrected chi connectivity index (χ2v) is 7.70. The summed E-state index contributed by atoms with van der Waals surface area (Å²) in [7, 11) is 0. The first-order chi connectivity index (χ1) is 12.3. The average Bonchev–Trinajstić information content (AvgIpc) is 3.39. The van der Waals surface area contributed by atoms with Crippen LogP contribution in [0, 0.1) is 17.6 Å². The Kier molecular flexibility index (Phi) is 8.89. The van der Waals surface area contributed by atoms with Crippen molar-refractivity contribution in [3.05, 3.63) is 70.8 Å². The smallest absolute Gasteiger partial charge is 0.126 e. The summed E-state index contributed by atoms with van der Waals surface area (Å²) in [6.45, 7) is 5.94. The summed E-state index contributed by atoms with van der Waals surface area (Å²) in [5, 5.41) is 14.3. The van der Waals surface area contributed by atoms with Crippen molar-refractivity contribution in [2.75, 3.05) is 0 Å². The highest BCUT2D eigenvalue weighted by molar-refractivity contribution is 5.85. The molecule has 28 heavy (non-hydrogen) atoms. The highest BCUT2D eigenvalue weighted by Gasteiger charge is 2.47. The molecular formula is C22H29Cl2F2NO. The van der Waals surface area contributed by atoms with Gasteiger partial charge < -0.3 is 5.11 Å². The molecule has 6 heteroatoms. The van der Waals surface area contributed by atoms with E-state index in [-0.39, 0.29) is 36.3 Å². The number of aryl methyl sites for hydroxylation is 1. The number of hydrogen-bond donors (Lipinski definition) is 2. The summed E-state index contributed by atoms with van der Waals surface area (Å²) in [5.41, 5.74) is 2.64. The van der Waals surface area contributed by atoms with Gasteiger partial charge in [-0.3, -0.25) is 5.32 Å². The van der Waals surface area contributed by atoms with Gasteiger partial charge in [0.25, 0.3) is 0 Å². The van der Waals surface area contributed by atoms with Crippen LogP contribution >= 0.6 is 24.8 Å². The van der Waals surface area contributed by atoms with Gasteiger partial charge >= 0.3 is 0 Å². The van der Waals surface area contributed by atoms with Crippen LogP contribution in [-0.2, 0) is 12.0 Å². The first-order valence-electron chi connectivity index (χ1n) is 9.36. The molecule has 0 amide bonds. The molecule has 1 aliphatic rings. The topological polar surface area (TPSA) is 32.3 Å². The van der Waals surface area contributed by atoms with Gasteiger partial charge in [0.2, 0.25) is 0 Å². The fraction of sp³-hybridized carbons (Fsp3) is 0.455. The molecule has 0 aromatic heterocycles. The number of hydrogen-bond acceptors (Lipinski definition) is 2. The Bertz CT molecular complexity index is 761. The van der Waals surface area contributed by atoms with E-state index in [1.165, 1.54) is 23.3 Å². The Morgan fingerprint density at radius 2 is 1.64 bits per heavy atom. The second-order valence-electron chi connectivity index (χ2n) is 7.70. The van der Waals surface area contributed by atoms with Gasteiger partial charge in [0, 0.05) is 11.6 Å². The van der Waals surface area contributed by atoms with Crippen LogP contribution in [0.15, 0.2) is 42.5 Å². The van der Waals surface area contributed by atoms with Gasteiger partial charge in [-0.1, -0.05) is 45.0 Å². The molecule has 1 aliphatic carbocycles. The summed E-state index contributed by atoms with van der Waals surface area (Å²) in [4.78, 5) is 0. The minimum absolute atomic E-state index is 0. The van der Waals surface area contributed by atoms with Crippen LogP contribution in [0.25, 0.3) is 0 Å². The van der Waals surface area contributed by atoms with Crippen molar-refractivity contribution in [2.45, 2.75) is 57.7 Å². The van der Waals surface area contributed by atoms with E-state index in [0.717, 1.165) is 25.3 Å². The number of aliphatic hydroxyl groups is 1. The van der Waals surface area contributed by atoms with Crippen molar-refractivity contribution in [3.8, 4) is 0 Å². The van der Waals surface area contributed by atoms with E-state index in [9.17, 15) is 13.9 Å². The monoisotopic (exact) mass is 431 g/mol. The summed E-state index contributed by atoms with van der Waals surface area (Å²) in [5.74, 6) is -1.29. The normalized spacial score (nSPS) is 16.7. The third kappa shape index (κ3) is 5.44. The summed E-state index contributed by atoms with van der Waals surface area (Å²) in [6.07, 6.45) is 2.10. The lowest BCUT2D eigenvalue weighted by Crippen LogP contribution is -2.41. The zero-order chi connectivity index (χ0) is 18.9. The SMILES string of the molecule is CCc1cccc(C2(NC(c3cc(F)cc(F)c3)C(O)C(C)C)CC2)c1.Cl.Cl. The van der Waals surface area contributed by atoms with Gasteiger partial charge in [-0.15, -0.1) is 24.8 Å². The zero-order valence-corrected chi connectivity index (χ0v) is 18.0. The van der Waals surface area contributed by atoms with Crippen LogP contribution in [0.1, 0.15) is 56.3 Å². The molecule has 0 bridgehead atoms. The fourth-order valence-corrected chi connectivity index (χ4v) is 3.53. The lowest BCUT2D eigenvalue weighted by Gasteiger charge is -2.32. The molecule has 0 heterocycles. The van der Waals surface area contributed by atoms with Gasteiger partial charge in [-0.2, -0.15) is 0 Å². The van der Waals surface area contributed by atoms with Crippen molar-refractivity contribution < 1.29 is 13.9 Å².